The van der Waals surface area contributed by atoms with E-state index in [0.29, 0.717) is 0 Å². The molecule has 0 amide bonds. The number of rotatable bonds is 3. The molecule has 122 valence electrons. The molecule has 3 heterocycles. The Morgan fingerprint density at radius 2 is 1.71 bits per heavy atom. The molecule has 1 aliphatic heterocycles. The third kappa shape index (κ3) is 3.21. The lowest BCUT2D eigenvalue weighted by Crippen LogP contribution is -2.46. The Labute approximate surface area is 146 Å². The molecule has 4 nitrogen and oxygen atoms in total. The van der Waals surface area contributed by atoms with Gasteiger partial charge in [-0.1, -0.05) is 29.8 Å². The zero-order valence-corrected chi connectivity index (χ0v) is 14.2. The molecule has 0 saturated carbocycles. The minimum Gasteiger partial charge on any atom is -0.369 e. The summed E-state index contributed by atoms with van der Waals surface area (Å²) < 4.78 is 0. The average molecular weight is 339 g/mol. The van der Waals surface area contributed by atoms with E-state index < -0.39 is 0 Å². The first-order valence-corrected chi connectivity index (χ1v) is 8.59. The van der Waals surface area contributed by atoms with Gasteiger partial charge in [0.05, 0.1) is 16.2 Å². The molecule has 1 saturated heterocycles. The van der Waals surface area contributed by atoms with Gasteiger partial charge in [0.2, 0.25) is 0 Å². The summed E-state index contributed by atoms with van der Waals surface area (Å²) in [5.41, 5.74) is 3.22. The Kier molecular flexibility index (Phi) is 4.32. The van der Waals surface area contributed by atoms with Crippen molar-refractivity contribution in [3.8, 4) is 0 Å². The first kappa shape index (κ1) is 15.4. The fourth-order valence-electron chi connectivity index (χ4n) is 3.19. The summed E-state index contributed by atoms with van der Waals surface area (Å²) >= 11 is 6.27. The van der Waals surface area contributed by atoms with Crippen molar-refractivity contribution in [3.05, 3.63) is 65.6 Å². The van der Waals surface area contributed by atoms with Gasteiger partial charge in [-0.2, -0.15) is 0 Å². The van der Waals surface area contributed by atoms with E-state index in [0.717, 1.165) is 54.3 Å². The number of piperazine rings is 1. The predicted molar refractivity (Wildman–Crippen MR) is 98.5 cm³/mol. The highest BCUT2D eigenvalue weighted by molar-refractivity contribution is 6.35. The number of fused-ring (bicyclic) bond motifs is 1. The highest BCUT2D eigenvalue weighted by atomic mass is 35.5. The van der Waals surface area contributed by atoms with E-state index in [9.17, 15) is 0 Å². The summed E-state index contributed by atoms with van der Waals surface area (Å²) in [6, 6.07) is 14.3. The molecule has 4 rings (SSSR count). The Morgan fingerprint density at radius 3 is 2.50 bits per heavy atom. The number of pyridine rings is 2. The Bertz CT molecular complexity index is 829. The van der Waals surface area contributed by atoms with Crippen LogP contribution in [0.25, 0.3) is 10.9 Å². The number of hydrogen-bond donors (Lipinski definition) is 0. The quantitative estimate of drug-likeness (QED) is 0.730. The third-order valence-corrected chi connectivity index (χ3v) is 4.82. The van der Waals surface area contributed by atoms with Crippen molar-refractivity contribution in [1.82, 2.24) is 14.9 Å². The van der Waals surface area contributed by atoms with Gasteiger partial charge in [-0.3, -0.25) is 9.88 Å². The summed E-state index contributed by atoms with van der Waals surface area (Å²) in [6.45, 7) is 4.98. The molecule has 3 aromatic rings. The monoisotopic (exact) mass is 338 g/mol. The second kappa shape index (κ2) is 6.75. The van der Waals surface area contributed by atoms with Crippen LogP contribution in [0.15, 0.2) is 54.9 Å². The van der Waals surface area contributed by atoms with Crippen molar-refractivity contribution in [3.63, 3.8) is 0 Å². The normalized spacial score (nSPS) is 15.8. The Morgan fingerprint density at radius 1 is 0.917 bits per heavy atom. The SMILES string of the molecule is Clc1cccc2ccc(CN3CCN(c4ccncc4)CC3)nc12. The van der Waals surface area contributed by atoms with Gasteiger partial charge in [-0.25, -0.2) is 4.98 Å². The molecule has 2 aromatic heterocycles. The largest absolute Gasteiger partial charge is 0.369 e. The molecule has 0 bridgehead atoms. The molecule has 0 spiro atoms. The first-order valence-electron chi connectivity index (χ1n) is 8.21. The zero-order chi connectivity index (χ0) is 16.4. The van der Waals surface area contributed by atoms with Crippen molar-refractivity contribution in [2.24, 2.45) is 0 Å². The molecule has 1 aromatic carbocycles. The number of halogens is 1. The van der Waals surface area contributed by atoms with Gasteiger partial charge in [-0.15, -0.1) is 0 Å². The van der Waals surface area contributed by atoms with Crippen LogP contribution in [0.2, 0.25) is 5.02 Å². The summed E-state index contributed by atoms with van der Waals surface area (Å²) in [4.78, 5) is 13.7. The van der Waals surface area contributed by atoms with Crippen LogP contribution in [0.1, 0.15) is 5.69 Å². The maximum atomic E-state index is 6.27. The Balaban J connectivity index is 1.43. The van der Waals surface area contributed by atoms with Crippen LogP contribution in [-0.2, 0) is 6.54 Å². The zero-order valence-electron chi connectivity index (χ0n) is 13.4. The summed E-state index contributed by atoms with van der Waals surface area (Å²) in [6.07, 6.45) is 3.70. The smallest absolute Gasteiger partial charge is 0.0891 e. The van der Waals surface area contributed by atoms with Gasteiger partial charge >= 0.3 is 0 Å². The number of anilines is 1. The van der Waals surface area contributed by atoms with Crippen LogP contribution in [0.4, 0.5) is 5.69 Å². The van der Waals surface area contributed by atoms with Gasteiger partial charge in [0, 0.05) is 56.2 Å². The highest BCUT2D eigenvalue weighted by Gasteiger charge is 2.17. The van der Waals surface area contributed by atoms with E-state index in [-0.39, 0.29) is 0 Å². The second-order valence-electron chi connectivity index (χ2n) is 6.08. The number of benzene rings is 1. The summed E-state index contributed by atoms with van der Waals surface area (Å²) in [5, 5.41) is 1.81. The van der Waals surface area contributed by atoms with E-state index in [2.05, 4.69) is 39.0 Å². The molecule has 0 N–H and O–H groups in total. The fraction of sp³-hybridized carbons (Fsp3) is 0.263. The molecule has 0 unspecified atom stereocenters. The molecule has 24 heavy (non-hydrogen) atoms. The standard InChI is InChI=1S/C19H19ClN4/c20-18-3-1-2-15-4-5-16(22-19(15)18)14-23-10-12-24(13-11-23)17-6-8-21-9-7-17/h1-9H,10-14H2. The molecule has 0 atom stereocenters. The van der Waals surface area contributed by atoms with Gasteiger partial charge in [-0.05, 0) is 24.3 Å². The number of hydrogen-bond acceptors (Lipinski definition) is 4. The van der Waals surface area contributed by atoms with E-state index in [4.69, 9.17) is 16.6 Å². The molecule has 1 fully saturated rings. The molecule has 5 heteroatoms. The summed E-state index contributed by atoms with van der Waals surface area (Å²) in [7, 11) is 0. The highest BCUT2D eigenvalue weighted by Crippen LogP contribution is 2.22. The minimum absolute atomic E-state index is 0.719. The van der Waals surface area contributed by atoms with Gasteiger partial charge in [0.15, 0.2) is 0 Å². The number of nitrogens with zero attached hydrogens (tertiary/aromatic N) is 4. The maximum absolute atomic E-state index is 6.27. The van der Waals surface area contributed by atoms with Crippen LogP contribution < -0.4 is 4.90 Å². The van der Waals surface area contributed by atoms with Crippen molar-refractivity contribution in [2.45, 2.75) is 6.54 Å². The van der Waals surface area contributed by atoms with Gasteiger partial charge in [0.1, 0.15) is 0 Å². The van der Waals surface area contributed by atoms with Gasteiger partial charge < -0.3 is 4.90 Å². The maximum Gasteiger partial charge on any atom is 0.0891 e. The van der Waals surface area contributed by atoms with Crippen LogP contribution in [0, 0.1) is 0 Å². The summed E-state index contributed by atoms with van der Waals surface area (Å²) in [5.74, 6) is 0. The number of para-hydroxylation sites is 1. The van der Waals surface area contributed by atoms with Gasteiger partial charge in [0.25, 0.3) is 0 Å². The fourth-order valence-corrected chi connectivity index (χ4v) is 3.41. The lowest BCUT2D eigenvalue weighted by molar-refractivity contribution is 0.247. The third-order valence-electron chi connectivity index (χ3n) is 4.51. The molecule has 1 aliphatic rings. The lowest BCUT2D eigenvalue weighted by Gasteiger charge is -2.35. The molecular formula is C19H19ClN4. The molecular weight excluding hydrogens is 320 g/mol. The van der Waals surface area contributed by atoms with E-state index in [1.54, 1.807) is 0 Å². The van der Waals surface area contributed by atoms with Crippen molar-refractivity contribution in [2.75, 3.05) is 31.1 Å². The van der Waals surface area contributed by atoms with E-state index in [1.165, 1.54) is 5.69 Å². The topological polar surface area (TPSA) is 32.3 Å². The van der Waals surface area contributed by atoms with Crippen LogP contribution in [0.3, 0.4) is 0 Å². The van der Waals surface area contributed by atoms with Crippen LogP contribution >= 0.6 is 11.6 Å². The second-order valence-corrected chi connectivity index (χ2v) is 6.49. The van der Waals surface area contributed by atoms with E-state index in [1.807, 2.05) is 30.6 Å². The van der Waals surface area contributed by atoms with E-state index >= 15 is 0 Å². The first-order chi connectivity index (χ1) is 11.8. The van der Waals surface area contributed by atoms with Crippen molar-refractivity contribution >= 4 is 28.2 Å². The Hall–Kier alpha value is -2.17. The van der Waals surface area contributed by atoms with Crippen LogP contribution in [0.5, 0.6) is 0 Å². The minimum atomic E-state index is 0.719. The average Bonchev–Trinajstić information content (AvgIpc) is 2.64. The van der Waals surface area contributed by atoms with Crippen molar-refractivity contribution < 1.29 is 0 Å². The lowest BCUT2D eigenvalue weighted by atomic mass is 10.2. The molecule has 0 aliphatic carbocycles. The van der Waals surface area contributed by atoms with Crippen molar-refractivity contribution in [1.29, 1.82) is 0 Å². The van der Waals surface area contributed by atoms with Crippen LogP contribution in [-0.4, -0.2) is 41.0 Å². The predicted octanol–water partition coefficient (Wildman–Crippen LogP) is 3.61. The molecule has 0 radical (unpaired) electrons. The number of aromatic nitrogens is 2.